The van der Waals surface area contributed by atoms with E-state index in [1.165, 1.54) is 11.3 Å². The number of aryl methyl sites for hydroxylation is 1. The van der Waals surface area contributed by atoms with E-state index in [-0.39, 0.29) is 31.7 Å². The number of carbonyl (C=O) groups excluding carboxylic acids is 3. The molecule has 0 aliphatic heterocycles. The predicted molar refractivity (Wildman–Crippen MR) is 169 cm³/mol. The number of esters is 1. The molecule has 2 N–H and O–H groups in total. The summed E-state index contributed by atoms with van der Waals surface area (Å²) in [5.74, 6) is -2.01. The van der Waals surface area contributed by atoms with Gasteiger partial charge < -0.3 is 24.9 Å². The molecular formula is C32H34N4O8S. The minimum absolute atomic E-state index is 0.000331. The molecule has 0 aliphatic carbocycles. The lowest BCUT2D eigenvalue weighted by Crippen LogP contribution is -2.38. The normalized spacial score (nSPS) is 11.8. The highest BCUT2D eigenvalue weighted by molar-refractivity contribution is 7.22. The molecule has 0 radical (unpaired) electrons. The number of ether oxygens (including phenoxy) is 2. The fourth-order valence-electron chi connectivity index (χ4n) is 4.56. The van der Waals surface area contributed by atoms with E-state index in [9.17, 15) is 24.5 Å². The summed E-state index contributed by atoms with van der Waals surface area (Å²) in [5.41, 5.74) is 1.70. The molecule has 2 aromatic carbocycles. The van der Waals surface area contributed by atoms with E-state index >= 15 is 0 Å². The van der Waals surface area contributed by atoms with Gasteiger partial charge in [-0.1, -0.05) is 36.4 Å². The summed E-state index contributed by atoms with van der Waals surface area (Å²) in [4.78, 5) is 59.2. The van der Waals surface area contributed by atoms with Crippen LogP contribution in [0.3, 0.4) is 0 Å². The number of rotatable bonds is 12. The first-order valence-corrected chi connectivity index (χ1v) is 14.9. The second-order valence-corrected chi connectivity index (χ2v) is 12.3. The number of benzene rings is 2. The lowest BCUT2D eigenvalue weighted by atomic mass is 9.88. The van der Waals surface area contributed by atoms with E-state index in [0.717, 1.165) is 15.6 Å². The number of hydrogen-bond donors (Lipinski definition) is 2. The minimum atomic E-state index is -0.973. The first kappa shape index (κ1) is 32.9. The average Bonchev–Trinajstić information content (AvgIpc) is 3.38. The third kappa shape index (κ3) is 9.47. The second-order valence-electron chi connectivity index (χ2n) is 11.2. The molecule has 1 atom stereocenters. The van der Waals surface area contributed by atoms with Gasteiger partial charge in [-0.2, -0.15) is 0 Å². The molecule has 0 saturated carbocycles. The van der Waals surface area contributed by atoms with Crippen molar-refractivity contribution in [3.63, 3.8) is 0 Å². The van der Waals surface area contributed by atoms with Crippen molar-refractivity contribution in [1.29, 1.82) is 0 Å². The number of nitrogens with one attached hydrogen (secondary N) is 2. The van der Waals surface area contributed by atoms with Gasteiger partial charge in [0.2, 0.25) is 5.91 Å². The molecule has 0 spiro atoms. The van der Waals surface area contributed by atoms with Crippen molar-refractivity contribution in [1.82, 2.24) is 10.3 Å². The smallest absolute Gasteiger partial charge is 0.407 e. The summed E-state index contributed by atoms with van der Waals surface area (Å²) >= 11 is 1.34. The van der Waals surface area contributed by atoms with Crippen LogP contribution in [0.5, 0.6) is 0 Å². The summed E-state index contributed by atoms with van der Waals surface area (Å²) in [5, 5.41) is 17.1. The van der Waals surface area contributed by atoms with Crippen molar-refractivity contribution < 1.29 is 33.8 Å². The Bertz CT molecular complexity index is 1650. The Morgan fingerprint density at radius 2 is 1.84 bits per heavy atom. The van der Waals surface area contributed by atoms with Crippen LogP contribution in [0.15, 0.2) is 67.0 Å². The van der Waals surface area contributed by atoms with Gasteiger partial charge in [-0.15, -0.1) is 21.5 Å². The van der Waals surface area contributed by atoms with Crippen molar-refractivity contribution in [3.05, 3.63) is 105 Å². The SMILES string of the molecule is Cc1cc(C(CNC(=O)OC(C)(C)C)C(=O)Nc2cc3ccncc3s2)c(CCO[N+](=O)[O-])cc1C(=O)OCc1ccccc1. The van der Waals surface area contributed by atoms with E-state index in [1.54, 1.807) is 52.2 Å². The van der Waals surface area contributed by atoms with Crippen LogP contribution in [-0.4, -0.2) is 46.8 Å². The van der Waals surface area contributed by atoms with Crippen LogP contribution in [0, 0.1) is 17.0 Å². The first-order chi connectivity index (χ1) is 21.4. The third-order valence-corrected chi connectivity index (χ3v) is 7.60. The zero-order chi connectivity index (χ0) is 32.6. The fraction of sp³-hybridized carbons (Fsp3) is 0.312. The van der Waals surface area contributed by atoms with Gasteiger partial charge in [0.1, 0.15) is 18.8 Å². The lowest BCUT2D eigenvalue weighted by molar-refractivity contribution is -0.757. The van der Waals surface area contributed by atoms with Crippen LogP contribution >= 0.6 is 11.3 Å². The molecule has 0 fully saturated rings. The second kappa shape index (κ2) is 14.6. The minimum Gasteiger partial charge on any atom is -0.457 e. The topological polar surface area (TPSA) is 159 Å². The number of anilines is 1. The summed E-state index contributed by atoms with van der Waals surface area (Å²) in [6.45, 7) is 6.44. The predicted octanol–water partition coefficient (Wildman–Crippen LogP) is 5.96. The van der Waals surface area contributed by atoms with Crippen LogP contribution in [-0.2, 0) is 32.1 Å². The summed E-state index contributed by atoms with van der Waals surface area (Å²) in [7, 11) is 0. The van der Waals surface area contributed by atoms with Crippen LogP contribution < -0.4 is 10.6 Å². The average molecular weight is 635 g/mol. The van der Waals surface area contributed by atoms with Gasteiger partial charge in [0, 0.05) is 18.9 Å². The molecule has 1 unspecified atom stereocenters. The Hall–Kier alpha value is -5.04. The number of alkyl carbamates (subject to hydrolysis) is 1. The molecule has 45 heavy (non-hydrogen) atoms. The van der Waals surface area contributed by atoms with Gasteiger partial charge in [0.05, 0.1) is 21.2 Å². The number of nitrogens with zero attached hydrogens (tertiary/aromatic N) is 2. The molecule has 0 bridgehead atoms. The van der Waals surface area contributed by atoms with Crippen molar-refractivity contribution in [3.8, 4) is 0 Å². The van der Waals surface area contributed by atoms with Crippen LogP contribution in [0.1, 0.15) is 59.3 Å². The molecule has 236 valence electrons. The number of pyridine rings is 1. The van der Waals surface area contributed by atoms with Gasteiger partial charge >= 0.3 is 12.1 Å². The highest BCUT2D eigenvalue weighted by Gasteiger charge is 2.28. The summed E-state index contributed by atoms with van der Waals surface area (Å²) in [6, 6.07) is 16.1. The first-order valence-electron chi connectivity index (χ1n) is 14.1. The van der Waals surface area contributed by atoms with Gasteiger partial charge in [0.15, 0.2) is 0 Å². The Morgan fingerprint density at radius 3 is 2.53 bits per heavy atom. The van der Waals surface area contributed by atoms with Gasteiger partial charge in [-0.25, -0.2) is 9.59 Å². The van der Waals surface area contributed by atoms with Crippen molar-refractivity contribution in [2.45, 2.75) is 52.2 Å². The standard InChI is InChI=1S/C32H34N4O8S/c1-20-14-25(22(11-13-43-36(40)41)15-24(20)30(38)42-19-21-8-6-5-7-9-21)26(17-34-31(39)44-32(2,3)4)29(37)35-28-16-23-10-12-33-18-27(23)45-28/h5-10,12,14-16,18,26H,11,13,17,19H2,1-4H3,(H,34,39)(H,35,37). The number of aromatic nitrogens is 1. The third-order valence-electron chi connectivity index (χ3n) is 6.60. The molecule has 2 amide bonds. The van der Waals surface area contributed by atoms with Gasteiger partial charge in [-0.3, -0.25) is 9.78 Å². The van der Waals surface area contributed by atoms with Crippen molar-refractivity contribution >= 4 is 44.4 Å². The van der Waals surface area contributed by atoms with Crippen LogP contribution in [0.2, 0.25) is 0 Å². The molecule has 4 rings (SSSR count). The molecule has 0 saturated heterocycles. The van der Waals surface area contributed by atoms with E-state index < -0.39 is 34.6 Å². The molecule has 2 heterocycles. The van der Waals surface area contributed by atoms with Crippen LogP contribution in [0.4, 0.5) is 9.80 Å². The Balaban J connectivity index is 1.67. The molecule has 12 nitrogen and oxygen atoms in total. The molecule has 4 aromatic rings. The largest absolute Gasteiger partial charge is 0.457 e. The van der Waals surface area contributed by atoms with Gasteiger partial charge in [0.25, 0.3) is 5.09 Å². The quantitative estimate of drug-likeness (QED) is 0.109. The maximum atomic E-state index is 13.9. The monoisotopic (exact) mass is 634 g/mol. The molecule has 13 heteroatoms. The maximum Gasteiger partial charge on any atom is 0.407 e. The van der Waals surface area contributed by atoms with E-state index in [2.05, 4.69) is 20.5 Å². The number of carbonyl (C=O) groups is 3. The Kier molecular flexibility index (Phi) is 10.7. The number of hydrogen-bond acceptors (Lipinski definition) is 10. The Morgan fingerprint density at radius 1 is 1.09 bits per heavy atom. The van der Waals surface area contributed by atoms with E-state index in [4.69, 9.17) is 9.47 Å². The maximum absolute atomic E-state index is 13.9. The highest BCUT2D eigenvalue weighted by atomic mass is 32.1. The summed E-state index contributed by atoms with van der Waals surface area (Å²) in [6.07, 6.45) is 2.64. The lowest BCUT2D eigenvalue weighted by Gasteiger charge is -2.24. The number of amides is 2. The van der Waals surface area contributed by atoms with Crippen molar-refractivity contribution in [2.75, 3.05) is 18.5 Å². The molecular weight excluding hydrogens is 600 g/mol. The van der Waals surface area contributed by atoms with E-state index in [1.807, 2.05) is 42.5 Å². The number of fused-ring (bicyclic) bond motifs is 1. The van der Waals surface area contributed by atoms with Crippen LogP contribution in [0.25, 0.3) is 10.1 Å². The zero-order valence-corrected chi connectivity index (χ0v) is 26.1. The Labute approximate surface area is 263 Å². The van der Waals surface area contributed by atoms with Gasteiger partial charge in [-0.05, 0) is 80.0 Å². The van der Waals surface area contributed by atoms with Crippen molar-refractivity contribution in [2.24, 2.45) is 0 Å². The summed E-state index contributed by atoms with van der Waals surface area (Å²) < 4.78 is 11.8. The highest BCUT2D eigenvalue weighted by Crippen LogP contribution is 2.31. The molecule has 2 aromatic heterocycles. The number of thiophene rings is 1. The fourth-order valence-corrected chi connectivity index (χ4v) is 5.50. The zero-order valence-electron chi connectivity index (χ0n) is 25.3. The molecule has 0 aliphatic rings. The van der Waals surface area contributed by atoms with E-state index in [0.29, 0.717) is 21.7 Å².